The monoisotopic (exact) mass is 495 g/mol. The van der Waals surface area contributed by atoms with E-state index in [0.29, 0.717) is 6.61 Å². The average Bonchev–Trinajstić information content (AvgIpc) is 2.97. The smallest absolute Gasteiger partial charge is 0.144 e. The number of hydrogen-bond acceptors (Lipinski definition) is 2. The van der Waals surface area contributed by atoms with E-state index >= 15 is 0 Å². The summed E-state index contributed by atoms with van der Waals surface area (Å²) in [6.07, 6.45) is 0. The molecule has 5 aromatic carbocycles. The number of rotatable bonds is 6. The standard InChI is InChI=1S/C36H33NO/c1-4-38-36(33-21-13-11-19-31(33)35(2,3)32-20-12-14-22-34(32)36)27-23-25-30(26-24-27)37(28-15-7-5-8-16-28)29-17-9-6-10-18-29/h5-26H,4H2,1-3H3. The van der Waals surface area contributed by atoms with Crippen molar-refractivity contribution in [2.24, 2.45) is 0 Å². The third kappa shape index (κ3) is 3.76. The van der Waals surface area contributed by atoms with E-state index < -0.39 is 5.60 Å². The first-order chi connectivity index (χ1) is 18.6. The fourth-order valence-electron chi connectivity index (χ4n) is 6.17. The fourth-order valence-corrected chi connectivity index (χ4v) is 6.17. The van der Waals surface area contributed by atoms with Crippen LogP contribution in [0.2, 0.25) is 0 Å². The molecule has 0 aromatic heterocycles. The molecule has 1 aliphatic rings. The second-order valence-corrected chi connectivity index (χ2v) is 10.4. The van der Waals surface area contributed by atoms with Crippen LogP contribution < -0.4 is 4.90 Å². The van der Waals surface area contributed by atoms with Gasteiger partial charge in [-0.25, -0.2) is 0 Å². The average molecular weight is 496 g/mol. The Bertz CT molecular complexity index is 1450. The fraction of sp³-hybridized carbons (Fsp3) is 0.167. The van der Waals surface area contributed by atoms with Crippen molar-refractivity contribution >= 4 is 17.1 Å². The van der Waals surface area contributed by atoms with E-state index in [1.807, 2.05) is 0 Å². The zero-order chi connectivity index (χ0) is 26.2. The molecule has 0 radical (unpaired) electrons. The summed E-state index contributed by atoms with van der Waals surface area (Å²) >= 11 is 0. The maximum Gasteiger partial charge on any atom is 0.144 e. The highest BCUT2D eigenvalue weighted by molar-refractivity contribution is 5.76. The molecule has 0 saturated carbocycles. The summed E-state index contributed by atoms with van der Waals surface area (Å²) in [4.78, 5) is 2.29. The molecule has 0 heterocycles. The summed E-state index contributed by atoms with van der Waals surface area (Å²) in [6, 6.07) is 47.6. The third-order valence-electron chi connectivity index (χ3n) is 7.88. The molecule has 2 heteroatoms. The van der Waals surface area contributed by atoms with Gasteiger partial charge in [0.2, 0.25) is 0 Å². The minimum Gasteiger partial charge on any atom is -0.361 e. The summed E-state index contributed by atoms with van der Waals surface area (Å²) in [5.41, 5.74) is 8.77. The van der Waals surface area contributed by atoms with Gasteiger partial charge in [-0.3, -0.25) is 0 Å². The Morgan fingerprint density at radius 1 is 0.500 bits per heavy atom. The number of fused-ring (bicyclic) bond motifs is 2. The number of anilines is 3. The second kappa shape index (κ2) is 9.63. The minimum absolute atomic E-state index is 0.120. The van der Waals surface area contributed by atoms with Gasteiger partial charge in [-0.15, -0.1) is 0 Å². The Morgan fingerprint density at radius 2 is 0.895 bits per heavy atom. The molecule has 0 fully saturated rings. The van der Waals surface area contributed by atoms with Gasteiger partial charge in [0.15, 0.2) is 0 Å². The van der Waals surface area contributed by atoms with Crippen LogP contribution in [0.1, 0.15) is 48.6 Å². The highest BCUT2D eigenvalue weighted by Gasteiger charge is 2.48. The van der Waals surface area contributed by atoms with E-state index in [1.165, 1.54) is 22.3 Å². The lowest BCUT2D eigenvalue weighted by Crippen LogP contribution is -2.43. The van der Waals surface area contributed by atoms with E-state index in [1.54, 1.807) is 0 Å². The minimum atomic E-state index is -0.680. The topological polar surface area (TPSA) is 12.5 Å². The van der Waals surface area contributed by atoms with Crippen molar-refractivity contribution in [3.8, 4) is 0 Å². The zero-order valence-electron chi connectivity index (χ0n) is 22.3. The van der Waals surface area contributed by atoms with E-state index in [4.69, 9.17) is 4.74 Å². The molecule has 0 aliphatic heterocycles. The first-order valence-electron chi connectivity index (χ1n) is 13.4. The molecule has 6 rings (SSSR count). The van der Waals surface area contributed by atoms with Crippen LogP contribution in [0.5, 0.6) is 0 Å². The van der Waals surface area contributed by atoms with E-state index in [-0.39, 0.29) is 5.41 Å². The molecule has 2 nitrogen and oxygen atoms in total. The summed E-state index contributed by atoms with van der Waals surface area (Å²) < 4.78 is 6.86. The SMILES string of the molecule is CCOC1(c2ccc(N(c3ccccc3)c3ccccc3)cc2)c2ccccc2C(C)(C)c2ccccc21. The van der Waals surface area contributed by atoms with Gasteiger partial charge >= 0.3 is 0 Å². The van der Waals surface area contributed by atoms with Gasteiger partial charge in [-0.2, -0.15) is 0 Å². The van der Waals surface area contributed by atoms with Crippen molar-refractivity contribution < 1.29 is 4.74 Å². The quantitative estimate of drug-likeness (QED) is 0.233. The van der Waals surface area contributed by atoms with E-state index in [9.17, 15) is 0 Å². The normalized spacial score (nSPS) is 14.8. The van der Waals surface area contributed by atoms with Gasteiger partial charge in [-0.05, 0) is 71.1 Å². The largest absolute Gasteiger partial charge is 0.361 e. The predicted octanol–water partition coefficient (Wildman–Crippen LogP) is 9.12. The van der Waals surface area contributed by atoms with Crippen LogP contribution in [-0.2, 0) is 15.8 Å². The lowest BCUT2D eigenvalue weighted by atomic mass is 9.61. The Labute approximate surface area is 226 Å². The Balaban J connectivity index is 1.55. The van der Waals surface area contributed by atoms with E-state index in [0.717, 1.165) is 22.6 Å². The van der Waals surface area contributed by atoms with Crippen molar-refractivity contribution in [3.05, 3.63) is 161 Å². The van der Waals surface area contributed by atoms with Gasteiger partial charge < -0.3 is 9.64 Å². The van der Waals surface area contributed by atoms with Crippen LogP contribution >= 0.6 is 0 Å². The number of benzene rings is 5. The molecule has 0 saturated heterocycles. The van der Waals surface area contributed by atoms with Gasteiger partial charge in [0.25, 0.3) is 0 Å². The van der Waals surface area contributed by atoms with Crippen LogP contribution in [0.25, 0.3) is 0 Å². The van der Waals surface area contributed by atoms with Gasteiger partial charge in [-0.1, -0.05) is 111 Å². The predicted molar refractivity (Wildman–Crippen MR) is 158 cm³/mol. The molecule has 0 spiro atoms. The van der Waals surface area contributed by atoms with Gasteiger partial charge in [0.05, 0.1) is 0 Å². The van der Waals surface area contributed by atoms with Crippen molar-refractivity contribution in [1.82, 2.24) is 0 Å². The second-order valence-electron chi connectivity index (χ2n) is 10.4. The lowest BCUT2D eigenvalue weighted by Gasteiger charge is -2.47. The third-order valence-corrected chi connectivity index (χ3v) is 7.88. The van der Waals surface area contributed by atoms with Gasteiger partial charge in [0, 0.05) is 29.1 Å². The van der Waals surface area contributed by atoms with Crippen LogP contribution in [0.4, 0.5) is 17.1 Å². The molecule has 1 aliphatic carbocycles. The maximum absolute atomic E-state index is 6.86. The highest BCUT2D eigenvalue weighted by Crippen LogP contribution is 2.53. The molecule has 0 bridgehead atoms. The number of hydrogen-bond donors (Lipinski definition) is 0. The number of para-hydroxylation sites is 2. The molecule has 0 unspecified atom stereocenters. The first-order valence-corrected chi connectivity index (χ1v) is 13.4. The van der Waals surface area contributed by atoms with Crippen LogP contribution in [0.3, 0.4) is 0 Å². The number of ether oxygens (including phenoxy) is 1. The molecule has 0 amide bonds. The van der Waals surface area contributed by atoms with Crippen LogP contribution in [-0.4, -0.2) is 6.61 Å². The summed E-state index contributed by atoms with van der Waals surface area (Å²) in [5.74, 6) is 0. The lowest BCUT2D eigenvalue weighted by molar-refractivity contribution is 0.0166. The molecule has 0 N–H and O–H groups in total. The molecule has 0 atom stereocenters. The summed E-state index contributed by atoms with van der Waals surface area (Å²) in [5, 5.41) is 0. The van der Waals surface area contributed by atoms with Crippen LogP contribution in [0.15, 0.2) is 133 Å². The summed E-state index contributed by atoms with van der Waals surface area (Å²) in [6.45, 7) is 7.33. The molecule has 5 aromatic rings. The van der Waals surface area contributed by atoms with Crippen molar-refractivity contribution in [1.29, 1.82) is 0 Å². The first kappa shape index (κ1) is 24.2. The van der Waals surface area contributed by atoms with Crippen LogP contribution in [0, 0.1) is 0 Å². The Morgan fingerprint density at radius 3 is 1.34 bits per heavy atom. The Kier molecular flexibility index (Phi) is 6.13. The van der Waals surface area contributed by atoms with Crippen molar-refractivity contribution in [2.75, 3.05) is 11.5 Å². The van der Waals surface area contributed by atoms with Gasteiger partial charge in [0.1, 0.15) is 5.60 Å². The highest BCUT2D eigenvalue weighted by atomic mass is 16.5. The molecular weight excluding hydrogens is 462 g/mol. The van der Waals surface area contributed by atoms with Crippen molar-refractivity contribution in [2.45, 2.75) is 31.8 Å². The summed E-state index contributed by atoms with van der Waals surface area (Å²) in [7, 11) is 0. The molecule has 38 heavy (non-hydrogen) atoms. The Hall–Kier alpha value is -4.14. The number of nitrogens with zero attached hydrogens (tertiary/aromatic N) is 1. The van der Waals surface area contributed by atoms with Crippen molar-refractivity contribution in [3.63, 3.8) is 0 Å². The maximum atomic E-state index is 6.86. The zero-order valence-corrected chi connectivity index (χ0v) is 22.3. The molecular formula is C36H33NO. The molecule has 188 valence electrons. The van der Waals surface area contributed by atoms with E-state index in [2.05, 4.69) is 159 Å².